The summed E-state index contributed by atoms with van der Waals surface area (Å²) in [6, 6.07) is 0. The van der Waals surface area contributed by atoms with Crippen molar-refractivity contribution >= 4 is 0 Å². The van der Waals surface area contributed by atoms with E-state index in [1.165, 1.54) is 6.42 Å². The molecule has 2 fully saturated rings. The number of rotatable bonds is 10. The first kappa shape index (κ1) is 22.0. The summed E-state index contributed by atoms with van der Waals surface area (Å²) in [4.78, 5) is 0. The summed E-state index contributed by atoms with van der Waals surface area (Å²) >= 11 is 0. The Morgan fingerprint density at radius 1 is 0.808 bits per heavy atom. The first-order valence-electron chi connectivity index (χ1n) is 11.1. The van der Waals surface area contributed by atoms with Crippen LogP contribution in [-0.2, 0) is 4.74 Å². The molecule has 0 aromatic heterocycles. The number of halogens is 3. The molecule has 26 heavy (non-hydrogen) atoms. The standard InChI is InChI=1S/C22H39F3O/c1-3-5-7-8-9-16-10-12-18(22(25)21(16)24)17-11-13-20(19(23)15-17)26-14-6-4-2/h16-22H,3-15H2,1-2H3. The molecule has 4 heteroatoms. The minimum Gasteiger partial charge on any atom is -0.375 e. The van der Waals surface area contributed by atoms with Crippen LogP contribution in [-0.4, -0.2) is 31.2 Å². The van der Waals surface area contributed by atoms with E-state index in [1.54, 1.807) is 0 Å². The van der Waals surface area contributed by atoms with Crippen molar-refractivity contribution in [3.63, 3.8) is 0 Å². The Morgan fingerprint density at radius 2 is 1.58 bits per heavy atom. The number of hydrogen-bond acceptors (Lipinski definition) is 1. The molecular formula is C22H39F3O. The van der Waals surface area contributed by atoms with Gasteiger partial charge in [0.05, 0.1) is 6.10 Å². The molecule has 0 aliphatic heterocycles. The van der Waals surface area contributed by atoms with Crippen molar-refractivity contribution in [2.24, 2.45) is 17.8 Å². The van der Waals surface area contributed by atoms with Crippen LogP contribution in [0.25, 0.3) is 0 Å². The highest BCUT2D eigenvalue weighted by atomic mass is 19.2. The molecule has 0 amide bonds. The van der Waals surface area contributed by atoms with Crippen LogP contribution in [0.2, 0.25) is 0 Å². The van der Waals surface area contributed by atoms with Gasteiger partial charge in [0.2, 0.25) is 0 Å². The van der Waals surface area contributed by atoms with Crippen LogP contribution in [0.4, 0.5) is 13.2 Å². The van der Waals surface area contributed by atoms with Crippen molar-refractivity contribution in [2.45, 2.75) is 116 Å². The molecule has 2 aliphatic carbocycles. The van der Waals surface area contributed by atoms with E-state index in [4.69, 9.17) is 4.74 Å². The van der Waals surface area contributed by atoms with Crippen molar-refractivity contribution in [3.8, 4) is 0 Å². The lowest BCUT2D eigenvalue weighted by Crippen LogP contribution is -2.44. The van der Waals surface area contributed by atoms with E-state index in [0.717, 1.165) is 57.8 Å². The second-order valence-electron chi connectivity index (χ2n) is 8.59. The molecule has 0 saturated heterocycles. The van der Waals surface area contributed by atoms with Crippen molar-refractivity contribution in [3.05, 3.63) is 0 Å². The van der Waals surface area contributed by atoms with Crippen molar-refractivity contribution in [1.82, 2.24) is 0 Å². The average molecular weight is 377 g/mol. The number of unbranched alkanes of at least 4 members (excludes halogenated alkanes) is 4. The third-order valence-electron chi connectivity index (χ3n) is 6.65. The monoisotopic (exact) mass is 376 g/mol. The van der Waals surface area contributed by atoms with Crippen molar-refractivity contribution < 1.29 is 17.9 Å². The highest BCUT2D eigenvalue weighted by Gasteiger charge is 2.45. The molecule has 2 saturated carbocycles. The fourth-order valence-corrected chi connectivity index (χ4v) is 4.93. The van der Waals surface area contributed by atoms with E-state index < -0.39 is 18.5 Å². The van der Waals surface area contributed by atoms with Gasteiger partial charge in [0.15, 0.2) is 0 Å². The lowest BCUT2D eigenvalue weighted by Gasteiger charge is -2.42. The van der Waals surface area contributed by atoms with Gasteiger partial charge in [0.1, 0.15) is 18.5 Å². The summed E-state index contributed by atoms with van der Waals surface area (Å²) in [5.74, 6) is -0.454. The van der Waals surface area contributed by atoms with E-state index in [-0.39, 0.29) is 23.9 Å². The average Bonchev–Trinajstić information content (AvgIpc) is 2.64. The second kappa shape index (κ2) is 11.6. The van der Waals surface area contributed by atoms with Gasteiger partial charge in [-0.2, -0.15) is 0 Å². The zero-order valence-corrected chi connectivity index (χ0v) is 16.8. The van der Waals surface area contributed by atoms with Crippen LogP contribution < -0.4 is 0 Å². The molecule has 0 heterocycles. The summed E-state index contributed by atoms with van der Waals surface area (Å²) in [5, 5.41) is 0. The summed E-state index contributed by atoms with van der Waals surface area (Å²) in [6.45, 7) is 4.85. The van der Waals surface area contributed by atoms with E-state index >= 15 is 0 Å². The molecule has 154 valence electrons. The molecule has 7 unspecified atom stereocenters. The Hall–Kier alpha value is -0.250. The first-order valence-corrected chi connectivity index (χ1v) is 11.1. The fraction of sp³-hybridized carbons (Fsp3) is 1.00. The predicted molar refractivity (Wildman–Crippen MR) is 102 cm³/mol. The zero-order chi connectivity index (χ0) is 18.9. The van der Waals surface area contributed by atoms with Gasteiger partial charge < -0.3 is 4.74 Å². The highest BCUT2D eigenvalue weighted by molar-refractivity contribution is 4.94. The highest BCUT2D eigenvalue weighted by Crippen LogP contribution is 2.44. The maximum absolute atomic E-state index is 14.8. The molecule has 2 aliphatic rings. The first-order chi connectivity index (χ1) is 12.6. The largest absolute Gasteiger partial charge is 0.375 e. The SMILES string of the molecule is CCCCCCC1CCC(C2CCC(OCCCC)C(F)C2)C(F)C1F. The predicted octanol–water partition coefficient (Wildman–Crippen LogP) is 6.98. The Balaban J connectivity index is 1.78. The van der Waals surface area contributed by atoms with Gasteiger partial charge in [-0.25, -0.2) is 13.2 Å². The van der Waals surface area contributed by atoms with E-state index in [1.807, 2.05) is 0 Å². The van der Waals surface area contributed by atoms with Gasteiger partial charge in [-0.3, -0.25) is 0 Å². The smallest absolute Gasteiger partial charge is 0.134 e. The van der Waals surface area contributed by atoms with Gasteiger partial charge in [-0.15, -0.1) is 0 Å². The minimum absolute atomic E-state index is 0.0229. The van der Waals surface area contributed by atoms with Crippen molar-refractivity contribution in [2.75, 3.05) is 6.61 Å². The van der Waals surface area contributed by atoms with Crippen molar-refractivity contribution in [1.29, 1.82) is 0 Å². The molecular weight excluding hydrogens is 337 g/mol. The van der Waals surface area contributed by atoms with Crippen LogP contribution >= 0.6 is 0 Å². The van der Waals surface area contributed by atoms with Gasteiger partial charge in [0, 0.05) is 6.61 Å². The van der Waals surface area contributed by atoms with Gasteiger partial charge >= 0.3 is 0 Å². The third kappa shape index (κ3) is 6.14. The number of ether oxygens (including phenoxy) is 1. The molecule has 0 bridgehead atoms. The van der Waals surface area contributed by atoms with E-state index in [2.05, 4.69) is 13.8 Å². The molecule has 2 rings (SSSR count). The summed E-state index contributed by atoms with van der Waals surface area (Å²) in [6.07, 6.45) is 6.37. The molecule has 0 N–H and O–H groups in total. The second-order valence-corrected chi connectivity index (χ2v) is 8.59. The Kier molecular flexibility index (Phi) is 9.80. The fourth-order valence-electron chi connectivity index (χ4n) is 4.93. The van der Waals surface area contributed by atoms with Crippen LogP contribution in [0.15, 0.2) is 0 Å². The maximum atomic E-state index is 14.8. The summed E-state index contributed by atoms with van der Waals surface area (Å²) in [7, 11) is 0. The zero-order valence-electron chi connectivity index (χ0n) is 16.8. The van der Waals surface area contributed by atoms with Gasteiger partial charge in [-0.05, 0) is 62.7 Å². The lowest BCUT2D eigenvalue weighted by atomic mass is 9.68. The number of hydrogen-bond donors (Lipinski definition) is 0. The summed E-state index contributed by atoms with van der Waals surface area (Å²) < 4.78 is 49.6. The lowest BCUT2D eigenvalue weighted by molar-refractivity contribution is -0.0663. The Morgan fingerprint density at radius 3 is 2.27 bits per heavy atom. The third-order valence-corrected chi connectivity index (χ3v) is 6.65. The molecule has 0 aromatic carbocycles. The Bertz CT molecular complexity index is 378. The topological polar surface area (TPSA) is 9.23 Å². The van der Waals surface area contributed by atoms with Crippen LogP contribution in [0.3, 0.4) is 0 Å². The van der Waals surface area contributed by atoms with Gasteiger partial charge in [-0.1, -0.05) is 46.0 Å². The van der Waals surface area contributed by atoms with Crippen LogP contribution in [0.5, 0.6) is 0 Å². The van der Waals surface area contributed by atoms with E-state index in [9.17, 15) is 13.2 Å². The molecule has 7 atom stereocenters. The van der Waals surface area contributed by atoms with Crippen LogP contribution in [0.1, 0.15) is 90.9 Å². The van der Waals surface area contributed by atoms with Gasteiger partial charge in [0.25, 0.3) is 0 Å². The van der Waals surface area contributed by atoms with E-state index in [0.29, 0.717) is 19.4 Å². The normalized spacial score (nSPS) is 38.4. The van der Waals surface area contributed by atoms with Crippen LogP contribution in [0, 0.1) is 17.8 Å². The maximum Gasteiger partial charge on any atom is 0.134 e. The minimum atomic E-state index is -1.41. The Labute approximate surface area is 158 Å². The quantitative estimate of drug-likeness (QED) is 0.374. The summed E-state index contributed by atoms with van der Waals surface area (Å²) in [5.41, 5.74) is 0. The molecule has 0 aromatic rings. The molecule has 0 spiro atoms. The molecule has 0 radical (unpaired) electrons. The molecule has 1 nitrogen and oxygen atoms in total. The number of alkyl halides is 3.